The Bertz CT molecular complexity index is 393. The number of nitrogens with one attached hydrogen (secondary N) is 1. The molecule has 1 unspecified atom stereocenters. The van der Waals surface area contributed by atoms with Crippen LogP contribution in [0.3, 0.4) is 0 Å². The summed E-state index contributed by atoms with van der Waals surface area (Å²) < 4.78 is 0. The highest BCUT2D eigenvalue weighted by atomic mass is 16.3. The first-order valence-electron chi connectivity index (χ1n) is 4.99. The minimum atomic E-state index is -0.0863. The van der Waals surface area contributed by atoms with Gasteiger partial charge < -0.3 is 15.7 Å². The van der Waals surface area contributed by atoms with Crippen molar-refractivity contribution in [3.63, 3.8) is 0 Å². The van der Waals surface area contributed by atoms with E-state index in [1.54, 1.807) is 18.0 Å². The van der Waals surface area contributed by atoms with Crippen molar-refractivity contribution in [3.05, 3.63) is 17.5 Å². The summed E-state index contributed by atoms with van der Waals surface area (Å²) in [6.07, 6.45) is 0. The zero-order chi connectivity index (χ0) is 12.3. The topological polar surface area (TPSA) is 99.1 Å². The van der Waals surface area contributed by atoms with Crippen molar-refractivity contribution in [2.45, 2.75) is 19.9 Å². The first-order chi connectivity index (χ1) is 7.45. The van der Waals surface area contributed by atoms with Crippen molar-refractivity contribution in [2.75, 3.05) is 18.6 Å². The highest BCUT2D eigenvalue weighted by Crippen LogP contribution is 2.11. The van der Waals surface area contributed by atoms with E-state index in [2.05, 4.69) is 9.97 Å². The molecular formula is C10H17N5O. The molecule has 1 rings (SSSR count). The third-order valence-corrected chi connectivity index (χ3v) is 2.36. The van der Waals surface area contributed by atoms with Gasteiger partial charge in [-0.2, -0.15) is 0 Å². The number of likely N-dealkylation sites (N-methyl/N-ethyl adjacent to an activating group) is 1. The molecule has 1 aromatic heterocycles. The number of rotatable bonds is 4. The minimum absolute atomic E-state index is 0.0171. The number of hydrogen-bond acceptors (Lipinski definition) is 5. The van der Waals surface area contributed by atoms with Gasteiger partial charge in [0.05, 0.1) is 12.6 Å². The van der Waals surface area contributed by atoms with Crippen LogP contribution in [0.2, 0.25) is 0 Å². The molecule has 0 bridgehead atoms. The predicted octanol–water partition coefficient (Wildman–Crippen LogP) is -0.114. The number of nitrogens with zero attached hydrogens (tertiary/aromatic N) is 3. The maximum Gasteiger partial charge on any atom is 0.226 e. The summed E-state index contributed by atoms with van der Waals surface area (Å²) in [6.45, 7) is 3.69. The number of aliphatic hydroxyl groups is 1. The molecule has 0 amide bonds. The molecule has 6 nitrogen and oxygen atoms in total. The van der Waals surface area contributed by atoms with Crippen molar-refractivity contribution in [1.82, 2.24) is 9.97 Å². The fourth-order valence-corrected chi connectivity index (χ4v) is 1.17. The molecular weight excluding hydrogens is 206 g/mol. The van der Waals surface area contributed by atoms with E-state index in [9.17, 15) is 0 Å². The van der Waals surface area contributed by atoms with Gasteiger partial charge in [0.1, 0.15) is 11.5 Å². The molecule has 1 aromatic rings. The third kappa shape index (κ3) is 2.66. The van der Waals surface area contributed by atoms with Crippen molar-refractivity contribution in [2.24, 2.45) is 5.73 Å². The number of anilines is 1. The lowest BCUT2D eigenvalue weighted by Gasteiger charge is -2.23. The molecule has 88 valence electrons. The molecule has 0 fully saturated rings. The number of aromatic nitrogens is 2. The molecule has 1 atom stereocenters. The van der Waals surface area contributed by atoms with E-state index in [1.807, 2.05) is 13.8 Å². The van der Waals surface area contributed by atoms with Gasteiger partial charge in [-0.05, 0) is 19.9 Å². The molecule has 4 N–H and O–H groups in total. The number of aryl methyl sites for hydroxylation is 1. The Balaban J connectivity index is 3.09. The Labute approximate surface area is 94.6 Å². The highest BCUT2D eigenvalue weighted by Gasteiger charge is 2.13. The van der Waals surface area contributed by atoms with Crippen molar-refractivity contribution in [3.8, 4) is 0 Å². The van der Waals surface area contributed by atoms with E-state index in [0.29, 0.717) is 11.6 Å². The van der Waals surface area contributed by atoms with Crippen LogP contribution in [-0.4, -0.2) is 40.6 Å². The van der Waals surface area contributed by atoms with E-state index >= 15 is 0 Å². The van der Waals surface area contributed by atoms with Crippen molar-refractivity contribution in [1.29, 1.82) is 5.41 Å². The largest absolute Gasteiger partial charge is 0.394 e. The van der Waals surface area contributed by atoms with Crippen LogP contribution in [0.4, 0.5) is 5.95 Å². The van der Waals surface area contributed by atoms with Gasteiger partial charge in [0.2, 0.25) is 5.95 Å². The van der Waals surface area contributed by atoms with Gasteiger partial charge in [-0.15, -0.1) is 0 Å². The summed E-state index contributed by atoms with van der Waals surface area (Å²) >= 11 is 0. The zero-order valence-electron chi connectivity index (χ0n) is 9.73. The smallest absolute Gasteiger partial charge is 0.226 e. The maximum atomic E-state index is 9.05. The Kier molecular flexibility index (Phi) is 3.78. The van der Waals surface area contributed by atoms with Crippen LogP contribution < -0.4 is 10.6 Å². The number of nitrogens with two attached hydrogens (primary N) is 1. The second-order valence-electron chi connectivity index (χ2n) is 3.75. The molecule has 0 spiro atoms. The van der Waals surface area contributed by atoms with Crippen LogP contribution in [0.25, 0.3) is 0 Å². The third-order valence-electron chi connectivity index (χ3n) is 2.36. The molecule has 0 saturated carbocycles. The molecule has 0 saturated heterocycles. The number of nitrogen functional groups attached to an aromatic ring is 1. The minimum Gasteiger partial charge on any atom is -0.394 e. The first kappa shape index (κ1) is 12.4. The lowest BCUT2D eigenvalue weighted by Crippen LogP contribution is -2.34. The monoisotopic (exact) mass is 223 g/mol. The number of hydrogen-bond donors (Lipinski definition) is 3. The Morgan fingerprint density at radius 3 is 2.75 bits per heavy atom. The van der Waals surface area contributed by atoms with E-state index in [4.69, 9.17) is 16.2 Å². The fraction of sp³-hybridized carbons (Fsp3) is 0.500. The van der Waals surface area contributed by atoms with Gasteiger partial charge in [0.25, 0.3) is 0 Å². The lowest BCUT2D eigenvalue weighted by atomic mass is 10.3. The zero-order valence-corrected chi connectivity index (χ0v) is 9.73. The SMILES string of the molecule is Cc1cc(C(=N)N)nc(N(C)C(C)CO)n1. The number of amidine groups is 1. The normalized spacial score (nSPS) is 12.2. The van der Waals surface area contributed by atoms with Crippen LogP contribution >= 0.6 is 0 Å². The van der Waals surface area contributed by atoms with Crippen LogP contribution in [-0.2, 0) is 0 Å². The van der Waals surface area contributed by atoms with Crippen LogP contribution in [0.15, 0.2) is 6.07 Å². The van der Waals surface area contributed by atoms with Gasteiger partial charge >= 0.3 is 0 Å². The predicted molar refractivity (Wildman–Crippen MR) is 62.7 cm³/mol. The van der Waals surface area contributed by atoms with Gasteiger partial charge in [-0.25, -0.2) is 9.97 Å². The van der Waals surface area contributed by atoms with Crippen LogP contribution in [0, 0.1) is 12.3 Å². The number of aliphatic hydroxyl groups excluding tert-OH is 1. The average Bonchev–Trinajstić information content (AvgIpc) is 2.26. The van der Waals surface area contributed by atoms with Crippen LogP contribution in [0.5, 0.6) is 0 Å². The molecule has 1 heterocycles. The Hall–Kier alpha value is -1.69. The van der Waals surface area contributed by atoms with Gasteiger partial charge in [-0.3, -0.25) is 5.41 Å². The quantitative estimate of drug-likeness (QED) is 0.488. The molecule has 0 aliphatic carbocycles. The highest BCUT2D eigenvalue weighted by molar-refractivity contribution is 5.93. The summed E-state index contributed by atoms with van der Waals surface area (Å²) in [5.74, 6) is 0.378. The first-order valence-corrected chi connectivity index (χ1v) is 4.99. The van der Waals surface area contributed by atoms with Gasteiger partial charge in [0, 0.05) is 12.7 Å². The molecule has 0 radical (unpaired) electrons. The standard InChI is InChI=1S/C10H17N5O/c1-6-4-8(9(11)12)14-10(13-6)15(3)7(2)5-16/h4,7,16H,5H2,1-3H3,(H3,11,12). The second-order valence-corrected chi connectivity index (χ2v) is 3.75. The molecule has 6 heteroatoms. The van der Waals surface area contributed by atoms with Crippen LogP contribution in [0.1, 0.15) is 18.3 Å². The molecule has 0 aromatic carbocycles. The maximum absolute atomic E-state index is 9.05. The molecule has 16 heavy (non-hydrogen) atoms. The van der Waals surface area contributed by atoms with Gasteiger partial charge in [0.15, 0.2) is 0 Å². The van der Waals surface area contributed by atoms with E-state index < -0.39 is 0 Å². The molecule has 0 aliphatic heterocycles. The van der Waals surface area contributed by atoms with E-state index in [1.165, 1.54) is 0 Å². The van der Waals surface area contributed by atoms with E-state index in [-0.39, 0.29) is 18.5 Å². The summed E-state index contributed by atoms with van der Waals surface area (Å²) in [7, 11) is 1.79. The average molecular weight is 223 g/mol. The Morgan fingerprint density at radius 2 is 2.25 bits per heavy atom. The lowest BCUT2D eigenvalue weighted by molar-refractivity contribution is 0.269. The second kappa shape index (κ2) is 4.89. The fourth-order valence-electron chi connectivity index (χ4n) is 1.17. The summed E-state index contributed by atoms with van der Waals surface area (Å²) in [4.78, 5) is 10.1. The summed E-state index contributed by atoms with van der Waals surface area (Å²) in [6, 6.07) is 1.57. The Morgan fingerprint density at radius 1 is 1.62 bits per heavy atom. The van der Waals surface area contributed by atoms with Crippen molar-refractivity contribution >= 4 is 11.8 Å². The molecule has 0 aliphatic rings. The van der Waals surface area contributed by atoms with Crippen molar-refractivity contribution < 1.29 is 5.11 Å². The van der Waals surface area contributed by atoms with Gasteiger partial charge in [-0.1, -0.05) is 0 Å². The summed E-state index contributed by atoms with van der Waals surface area (Å²) in [5.41, 5.74) is 6.53. The van der Waals surface area contributed by atoms with E-state index in [0.717, 1.165) is 5.69 Å². The summed E-state index contributed by atoms with van der Waals surface area (Å²) in [5, 5.41) is 16.4.